The molecule has 0 N–H and O–H groups in total. The summed E-state index contributed by atoms with van der Waals surface area (Å²) in [5.74, 6) is -0.627. The van der Waals surface area contributed by atoms with Gasteiger partial charge in [-0.3, -0.25) is 0 Å². The minimum Gasteiger partial charge on any atom is -0.408 e. The second-order valence-corrected chi connectivity index (χ2v) is 16.2. The Morgan fingerprint density at radius 1 is 0.931 bits per heavy atom. The van der Waals surface area contributed by atoms with Crippen molar-refractivity contribution in [1.82, 2.24) is 0 Å². The molecule has 0 amide bonds. The molecule has 0 spiro atoms. The Kier molecular flexibility index (Phi) is 7.24. The summed E-state index contributed by atoms with van der Waals surface area (Å²) < 4.78 is 26.1. The van der Waals surface area contributed by atoms with Crippen LogP contribution >= 0.6 is 11.8 Å². The van der Waals surface area contributed by atoms with E-state index in [1.54, 1.807) is 11.8 Å². The Morgan fingerprint density at radius 3 is 2.03 bits per heavy atom. The Balaban J connectivity index is 1.83. The third-order valence-corrected chi connectivity index (χ3v) is 13.6. The second kappa shape index (κ2) is 9.01. The van der Waals surface area contributed by atoms with Crippen LogP contribution in [-0.4, -0.2) is 44.5 Å². The molecule has 4 atom stereocenters. The van der Waals surface area contributed by atoms with Crippen molar-refractivity contribution in [2.45, 2.75) is 106 Å². The summed E-state index contributed by atoms with van der Waals surface area (Å²) in [7, 11) is -2.04. The first-order valence-electron chi connectivity index (χ1n) is 10.9. The van der Waals surface area contributed by atoms with Gasteiger partial charge in [0.15, 0.2) is 5.79 Å². The maximum absolute atomic E-state index is 7.07. The standard InChI is InChI=1S/C23H38O4SSi/c1-15(2)29(16(3)4,17(5)6)27-19-14-24-22(28-18-12-10-9-11-13-18)21-20(19)25-23(7,8)26-21/h9-13,15-17,19-22H,14H2,1-8H3/t19-,20+,21-,22+/m1/s1. The van der Waals surface area contributed by atoms with E-state index >= 15 is 0 Å². The Bertz CT molecular complexity index is 642. The summed E-state index contributed by atoms with van der Waals surface area (Å²) in [6, 6.07) is 10.4. The van der Waals surface area contributed by atoms with E-state index in [1.807, 2.05) is 19.9 Å². The number of rotatable bonds is 7. The van der Waals surface area contributed by atoms with Gasteiger partial charge >= 0.3 is 0 Å². The maximum Gasteiger partial charge on any atom is 0.201 e. The van der Waals surface area contributed by atoms with Crippen molar-refractivity contribution in [3.8, 4) is 0 Å². The Morgan fingerprint density at radius 2 is 1.48 bits per heavy atom. The normalized spacial score (nSPS) is 29.6. The van der Waals surface area contributed by atoms with Crippen LogP contribution in [0.4, 0.5) is 0 Å². The fourth-order valence-electron chi connectivity index (χ4n) is 5.20. The van der Waals surface area contributed by atoms with Crippen LogP contribution in [0.1, 0.15) is 55.4 Å². The third kappa shape index (κ3) is 4.78. The van der Waals surface area contributed by atoms with Crippen LogP contribution in [0.5, 0.6) is 0 Å². The molecule has 29 heavy (non-hydrogen) atoms. The van der Waals surface area contributed by atoms with E-state index in [1.165, 1.54) is 4.90 Å². The van der Waals surface area contributed by atoms with Crippen molar-refractivity contribution in [3.63, 3.8) is 0 Å². The molecule has 0 aromatic heterocycles. The molecule has 1 aromatic rings. The van der Waals surface area contributed by atoms with Crippen molar-refractivity contribution < 1.29 is 18.6 Å². The number of hydrogen-bond acceptors (Lipinski definition) is 5. The van der Waals surface area contributed by atoms with E-state index in [0.29, 0.717) is 23.2 Å². The van der Waals surface area contributed by atoms with E-state index in [9.17, 15) is 0 Å². The summed E-state index contributed by atoms with van der Waals surface area (Å²) in [6.45, 7) is 18.4. The molecule has 3 rings (SSSR count). The zero-order valence-electron chi connectivity index (χ0n) is 19.2. The third-order valence-electron chi connectivity index (χ3n) is 6.28. The minimum atomic E-state index is -2.04. The van der Waals surface area contributed by atoms with Crippen molar-refractivity contribution in [2.24, 2.45) is 0 Å². The highest BCUT2D eigenvalue weighted by Gasteiger charge is 2.56. The fourth-order valence-corrected chi connectivity index (χ4v) is 11.8. The van der Waals surface area contributed by atoms with Crippen LogP contribution in [0.3, 0.4) is 0 Å². The van der Waals surface area contributed by atoms with Crippen molar-refractivity contribution in [2.75, 3.05) is 6.61 Å². The van der Waals surface area contributed by atoms with E-state index in [0.717, 1.165) is 0 Å². The highest BCUT2D eigenvalue weighted by atomic mass is 32.2. The summed E-state index contributed by atoms with van der Waals surface area (Å²) >= 11 is 1.71. The van der Waals surface area contributed by atoms with Crippen LogP contribution < -0.4 is 0 Å². The molecule has 164 valence electrons. The van der Waals surface area contributed by atoms with Gasteiger partial charge in [-0.1, -0.05) is 71.5 Å². The number of ether oxygens (including phenoxy) is 3. The summed E-state index contributed by atoms with van der Waals surface area (Å²) in [4.78, 5) is 1.18. The molecule has 1 aromatic carbocycles. The highest BCUT2D eigenvalue weighted by molar-refractivity contribution is 7.99. The van der Waals surface area contributed by atoms with E-state index in [-0.39, 0.29) is 23.7 Å². The number of fused-ring (bicyclic) bond motifs is 1. The van der Waals surface area contributed by atoms with Gasteiger partial charge in [0.05, 0.1) is 12.7 Å². The average molecular weight is 439 g/mol. The first-order valence-corrected chi connectivity index (χ1v) is 14.0. The molecule has 2 saturated heterocycles. The number of benzene rings is 1. The first kappa shape index (κ1) is 23.3. The van der Waals surface area contributed by atoms with Gasteiger partial charge in [-0.2, -0.15) is 0 Å². The van der Waals surface area contributed by atoms with Gasteiger partial charge in [0.2, 0.25) is 8.32 Å². The van der Waals surface area contributed by atoms with Crippen molar-refractivity contribution in [1.29, 1.82) is 0 Å². The second-order valence-electron chi connectivity index (χ2n) is 9.67. The largest absolute Gasteiger partial charge is 0.408 e. The molecular formula is C23H38O4SSi. The molecule has 2 aliphatic rings. The van der Waals surface area contributed by atoms with Gasteiger partial charge in [-0.05, 0) is 42.6 Å². The molecule has 6 heteroatoms. The molecule has 4 nitrogen and oxygen atoms in total. The van der Waals surface area contributed by atoms with Gasteiger partial charge in [0.1, 0.15) is 17.6 Å². The van der Waals surface area contributed by atoms with Crippen LogP contribution in [0.2, 0.25) is 16.6 Å². The summed E-state index contributed by atoms with van der Waals surface area (Å²) in [6.07, 6.45) is -0.344. The number of hydrogen-bond donors (Lipinski definition) is 0. The lowest BCUT2D eigenvalue weighted by molar-refractivity contribution is -0.151. The maximum atomic E-state index is 7.07. The van der Waals surface area contributed by atoms with E-state index in [2.05, 4.69) is 65.8 Å². The van der Waals surface area contributed by atoms with Crippen LogP contribution in [0.25, 0.3) is 0 Å². The summed E-state index contributed by atoms with van der Waals surface area (Å²) in [5, 5.41) is 0. The van der Waals surface area contributed by atoms with Crippen LogP contribution in [-0.2, 0) is 18.6 Å². The first-order chi connectivity index (χ1) is 13.6. The van der Waals surface area contributed by atoms with E-state index in [4.69, 9.17) is 18.6 Å². The van der Waals surface area contributed by atoms with Crippen molar-refractivity contribution >= 4 is 20.1 Å². The predicted molar refractivity (Wildman–Crippen MR) is 122 cm³/mol. The van der Waals surface area contributed by atoms with Gasteiger partial charge < -0.3 is 18.6 Å². The molecule has 2 aliphatic heterocycles. The molecule has 0 unspecified atom stereocenters. The minimum absolute atomic E-state index is 0.0896. The molecule has 2 heterocycles. The molecular weight excluding hydrogens is 400 g/mol. The molecule has 2 fully saturated rings. The molecule has 0 radical (unpaired) electrons. The Labute approximate surface area is 182 Å². The smallest absolute Gasteiger partial charge is 0.201 e. The van der Waals surface area contributed by atoms with Crippen LogP contribution in [0.15, 0.2) is 35.2 Å². The predicted octanol–water partition coefficient (Wildman–Crippen LogP) is 6.22. The lowest BCUT2D eigenvalue weighted by Gasteiger charge is -2.47. The molecule has 0 saturated carbocycles. The zero-order chi connectivity index (χ0) is 21.4. The SMILES string of the molecule is CC(C)[Si](O[C@@H]1CO[C@@H](Sc2ccccc2)[C@@H]2OC(C)(C)O[C@H]21)(C(C)C)C(C)C. The lowest BCUT2D eigenvalue weighted by atomic mass is 10.1. The number of thioether (sulfide) groups is 1. The fraction of sp³-hybridized carbons (Fsp3) is 0.739. The van der Waals surface area contributed by atoms with E-state index < -0.39 is 14.1 Å². The van der Waals surface area contributed by atoms with Crippen molar-refractivity contribution in [3.05, 3.63) is 30.3 Å². The highest BCUT2D eigenvalue weighted by Crippen LogP contribution is 2.47. The van der Waals surface area contributed by atoms with Gasteiger partial charge in [0.25, 0.3) is 0 Å². The monoisotopic (exact) mass is 438 g/mol. The van der Waals surface area contributed by atoms with Gasteiger partial charge in [-0.25, -0.2) is 0 Å². The average Bonchev–Trinajstić information content (AvgIpc) is 2.96. The molecule has 0 bridgehead atoms. The lowest BCUT2D eigenvalue weighted by Crippen LogP contribution is -2.58. The quantitative estimate of drug-likeness (QED) is 0.473. The molecule has 0 aliphatic carbocycles. The topological polar surface area (TPSA) is 36.9 Å². The van der Waals surface area contributed by atoms with Gasteiger partial charge in [-0.15, -0.1) is 0 Å². The Hall–Kier alpha value is -0.373. The summed E-state index contributed by atoms with van der Waals surface area (Å²) in [5.41, 5.74) is 1.46. The van der Waals surface area contributed by atoms with Gasteiger partial charge in [0, 0.05) is 4.90 Å². The van der Waals surface area contributed by atoms with Crippen LogP contribution in [0, 0.1) is 0 Å². The zero-order valence-corrected chi connectivity index (χ0v) is 21.0.